The van der Waals surface area contributed by atoms with Crippen LogP contribution in [0.15, 0.2) is 30.6 Å². The molecule has 0 aliphatic carbocycles. The molecule has 24 heavy (non-hydrogen) atoms. The average Bonchev–Trinajstić information content (AvgIpc) is 3.26. The monoisotopic (exact) mass is 325 g/mol. The van der Waals surface area contributed by atoms with Crippen LogP contribution in [0.25, 0.3) is 0 Å². The zero-order valence-electron chi connectivity index (χ0n) is 13.3. The molecule has 0 atom stereocenters. The number of rotatable bonds is 4. The number of hydrogen-bond donors (Lipinski definition) is 2. The lowest BCUT2D eigenvalue weighted by Crippen LogP contribution is -2.34. The van der Waals surface area contributed by atoms with E-state index in [4.69, 9.17) is 9.47 Å². The summed E-state index contributed by atoms with van der Waals surface area (Å²) < 4.78 is 11.5. The highest BCUT2D eigenvalue weighted by atomic mass is 16.5. The van der Waals surface area contributed by atoms with Crippen molar-refractivity contribution in [1.29, 1.82) is 0 Å². The SMILES string of the molecule is O=C(NCc1ccncc1)NCc1c2c(cc3c1OCC3)OCC2. The van der Waals surface area contributed by atoms with E-state index in [0.717, 1.165) is 41.0 Å². The highest BCUT2D eigenvalue weighted by Gasteiger charge is 2.26. The summed E-state index contributed by atoms with van der Waals surface area (Å²) in [5.74, 6) is 1.86. The van der Waals surface area contributed by atoms with E-state index >= 15 is 0 Å². The summed E-state index contributed by atoms with van der Waals surface area (Å²) in [7, 11) is 0. The maximum absolute atomic E-state index is 12.1. The second kappa shape index (κ2) is 6.39. The number of fused-ring (bicyclic) bond motifs is 2. The summed E-state index contributed by atoms with van der Waals surface area (Å²) in [5, 5.41) is 5.78. The molecular weight excluding hydrogens is 306 g/mol. The molecule has 1 aromatic heterocycles. The summed E-state index contributed by atoms with van der Waals surface area (Å²) in [6, 6.07) is 5.64. The summed E-state index contributed by atoms with van der Waals surface area (Å²) in [4.78, 5) is 16.0. The normalized spacial score (nSPS) is 14.3. The van der Waals surface area contributed by atoms with Gasteiger partial charge in [0.1, 0.15) is 11.5 Å². The fourth-order valence-electron chi connectivity index (χ4n) is 3.19. The first-order valence-corrected chi connectivity index (χ1v) is 8.15. The van der Waals surface area contributed by atoms with Gasteiger partial charge in [-0.05, 0) is 23.8 Å². The number of nitrogens with zero attached hydrogens (tertiary/aromatic N) is 1. The van der Waals surface area contributed by atoms with E-state index in [1.807, 2.05) is 12.1 Å². The first-order valence-electron chi connectivity index (χ1n) is 8.15. The lowest BCUT2D eigenvalue weighted by atomic mass is 9.99. The minimum Gasteiger partial charge on any atom is -0.493 e. The van der Waals surface area contributed by atoms with E-state index < -0.39 is 0 Å². The summed E-state index contributed by atoms with van der Waals surface area (Å²) in [6.45, 7) is 2.30. The molecule has 0 unspecified atom stereocenters. The standard InChI is InChI=1S/C18H19N3O3/c22-18(20-10-12-1-5-19-6-2-12)21-11-15-14-4-8-23-16(14)9-13-3-7-24-17(13)15/h1-2,5-6,9H,3-4,7-8,10-11H2,(H2,20,21,22). The van der Waals surface area contributed by atoms with Crippen molar-refractivity contribution in [3.63, 3.8) is 0 Å². The second-order valence-corrected chi connectivity index (χ2v) is 5.91. The molecule has 0 spiro atoms. The average molecular weight is 325 g/mol. The largest absolute Gasteiger partial charge is 0.493 e. The van der Waals surface area contributed by atoms with Crippen LogP contribution in [0.1, 0.15) is 22.3 Å². The Kier molecular flexibility index (Phi) is 3.94. The molecule has 2 aliphatic heterocycles. The molecule has 6 heteroatoms. The number of aromatic nitrogens is 1. The number of carbonyl (C=O) groups excluding carboxylic acids is 1. The molecule has 2 aromatic rings. The van der Waals surface area contributed by atoms with Crippen LogP contribution in [0.3, 0.4) is 0 Å². The molecule has 2 aliphatic rings. The number of ether oxygens (including phenoxy) is 2. The minimum atomic E-state index is -0.199. The fraction of sp³-hybridized carbons (Fsp3) is 0.333. The minimum absolute atomic E-state index is 0.199. The van der Waals surface area contributed by atoms with Crippen LogP contribution in [-0.2, 0) is 25.9 Å². The van der Waals surface area contributed by atoms with E-state index in [0.29, 0.717) is 26.3 Å². The van der Waals surface area contributed by atoms with Crippen LogP contribution in [0.4, 0.5) is 4.79 Å². The lowest BCUT2D eigenvalue weighted by molar-refractivity contribution is 0.240. The Morgan fingerprint density at radius 2 is 1.88 bits per heavy atom. The molecule has 2 amide bonds. The first-order chi connectivity index (χ1) is 11.8. The Morgan fingerprint density at radius 1 is 1.08 bits per heavy atom. The highest BCUT2D eigenvalue weighted by molar-refractivity contribution is 5.74. The molecule has 1 aromatic carbocycles. The molecule has 0 fully saturated rings. The predicted molar refractivity (Wildman–Crippen MR) is 88.2 cm³/mol. The van der Waals surface area contributed by atoms with Crippen LogP contribution < -0.4 is 20.1 Å². The molecule has 0 saturated carbocycles. The van der Waals surface area contributed by atoms with Gasteiger partial charge in [0.15, 0.2) is 0 Å². The Morgan fingerprint density at radius 3 is 2.75 bits per heavy atom. The molecule has 6 nitrogen and oxygen atoms in total. The van der Waals surface area contributed by atoms with E-state index in [1.165, 1.54) is 5.56 Å². The van der Waals surface area contributed by atoms with Crippen molar-refractivity contribution in [2.75, 3.05) is 13.2 Å². The number of nitrogens with one attached hydrogen (secondary N) is 2. The molecule has 4 rings (SSSR count). The van der Waals surface area contributed by atoms with Crippen molar-refractivity contribution in [2.24, 2.45) is 0 Å². The van der Waals surface area contributed by atoms with Crippen molar-refractivity contribution in [2.45, 2.75) is 25.9 Å². The van der Waals surface area contributed by atoms with Gasteiger partial charge in [-0.25, -0.2) is 4.79 Å². The molecule has 0 radical (unpaired) electrons. The smallest absolute Gasteiger partial charge is 0.315 e. The second-order valence-electron chi connectivity index (χ2n) is 5.91. The molecular formula is C18H19N3O3. The number of hydrogen-bond acceptors (Lipinski definition) is 4. The van der Waals surface area contributed by atoms with Gasteiger partial charge < -0.3 is 20.1 Å². The van der Waals surface area contributed by atoms with Gasteiger partial charge in [0.25, 0.3) is 0 Å². The van der Waals surface area contributed by atoms with E-state index in [-0.39, 0.29) is 6.03 Å². The number of pyridine rings is 1. The van der Waals surface area contributed by atoms with Crippen LogP contribution in [0.5, 0.6) is 11.5 Å². The molecule has 3 heterocycles. The highest BCUT2D eigenvalue weighted by Crippen LogP contribution is 2.40. The third-order valence-corrected chi connectivity index (χ3v) is 4.39. The predicted octanol–water partition coefficient (Wildman–Crippen LogP) is 1.95. The van der Waals surface area contributed by atoms with Gasteiger partial charge in [-0.2, -0.15) is 0 Å². The summed E-state index contributed by atoms with van der Waals surface area (Å²) in [5.41, 5.74) is 4.39. The van der Waals surface area contributed by atoms with Crippen LogP contribution >= 0.6 is 0 Å². The number of carbonyl (C=O) groups is 1. The van der Waals surface area contributed by atoms with Crippen molar-refractivity contribution < 1.29 is 14.3 Å². The Balaban J connectivity index is 1.42. The zero-order chi connectivity index (χ0) is 16.4. The van der Waals surface area contributed by atoms with Gasteiger partial charge >= 0.3 is 6.03 Å². The van der Waals surface area contributed by atoms with E-state index in [2.05, 4.69) is 21.7 Å². The van der Waals surface area contributed by atoms with Gasteiger partial charge in [0.2, 0.25) is 0 Å². The number of urea groups is 1. The van der Waals surface area contributed by atoms with Gasteiger partial charge in [-0.3, -0.25) is 4.98 Å². The van der Waals surface area contributed by atoms with Gasteiger partial charge in [0, 0.05) is 55.0 Å². The quantitative estimate of drug-likeness (QED) is 0.901. The Bertz CT molecular complexity index is 730. The van der Waals surface area contributed by atoms with Crippen molar-refractivity contribution in [3.05, 3.63) is 52.8 Å². The van der Waals surface area contributed by atoms with Gasteiger partial charge in [0.05, 0.1) is 13.2 Å². The van der Waals surface area contributed by atoms with Crippen LogP contribution in [-0.4, -0.2) is 24.2 Å². The first kappa shape index (κ1) is 14.8. The van der Waals surface area contributed by atoms with E-state index in [9.17, 15) is 4.79 Å². The van der Waals surface area contributed by atoms with Crippen LogP contribution in [0.2, 0.25) is 0 Å². The Labute approximate surface area is 140 Å². The third kappa shape index (κ3) is 2.87. The van der Waals surface area contributed by atoms with Crippen molar-refractivity contribution >= 4 is 6.03 Å². The van der Waals surface area contributed by atoms with Gasteiger partial charge in [-0.1, -0.05) is 0 Å². The van der Waals surface area contributed by atoms with Crippen molar-refractivity contribution in [3.8, 4) is 11.5 Å². The summed E-state index contributed by atoms with van der Waals surface area (Å²) in [6.07, 6.45) is 5.18. The molecule has 0 bridgehead atoms. The molecule has 2 N–H and O–H groups in total. The topological polar surface area (TPSA) is 72.5 Å². The number of benzene rings is 1. The summed E-state index contributed by atoms with van der Waals surface area (Å²) >= 11 is 0. The lowest BCUT2D eigenvalue weighted by Gasteiger charge is -2.14. The molecule has 0 saturated heterocycles. The maximum atomic E-state index is 12.1. The molecule has 124 valence electrons. The van der Waals surface area contributed by atoms with Crippen molar-refractivity contribution in [1.82, 2.24) is 15.6 Å². The third-order valence-electron chi connectivity index (χ3n) is 4.39. The number of amides is 2. The van der Waals surface area contributed by atoms with Crippen LogP contribution in [0, 0.1) is 0 Å². The Hall–Kier alpha value is -2.76. The zero-order valence-corrected chi connectivity index (χ0v) is 13.3. The van der Waals surface area contributed by atoms with E-state index in [1.54, 1.807) is 12.4 Å². The fourth-order valence-corrected chi connectivity index (χ4v) is 3.19. The van der Waals surface area contributed by atoms with Gasteiger partial charge in [-0.15, -0.1) is 0 Å². The maximum Gasteiger partial charge on any atom is 0.315 e.